The van der Waals surface area contributed by atoms with E-state index in [9.17, 15) is 59.4 Å². The second-order valence-electron chi connectivity index (χ2n) is 12.2. The molecule has 0 saturated carbocycles. The highest BCUT2D eigenvalue weighted by Crippen LogP contribution is 2.33. The third-order valence-electron chi connectivity index (χ3n) is 8.43. The largest absolute Gasteiger partial charge is 0.481 e. The van der Waals surface area contributed by atoms with Crippen molar-refractivity contribution in [1.29, 1.82) is 0 Å². The highest BCUT2D eigenvalue weighted by molar-refractivity contribution is 6.38. The Morgan fingerprint density at radius 3 is 2.00 bits per heavy atom. The van der Waals surface area contributed by atoms with E-state index in [0.29, 0.717) is 25.8 Å². The predicted molar refractivity (Wildman–Crippen MR) is 172 cm³/mol. The molecule has 0 radical (unpaired) electrons. The number of aliphatic imine (C=N–C) groups is 1. The molecule has 2 amide bonds. The number of hydrogen-bond acceptors (Lipinski definition) is 13. The van der Waals surface area contributed by atoms with Gasteiger partial charge in [-0.15, -0.1) is 0 Å². The molecule has 0 aromatic carbocycles. The fourth-order valence-corrected chi connectivity index (χ4v) is 4.80. The van der Waals surface area contributed by atoms with Crippen molar-refractivity contribution in [3.05, 3.63) is 0 Å². The number of unbranched alkanes of at least 4 members (excludes halogenated alkanes) is 1. The number of carbonyl (C=O) groups excluding carboxylic acids is 4. The smallest absolute Gasteiger partial charge is 0.306 e. The molecule has 0 aliphatic heterocycles. The first-order valence-electron chi connectivity index (χ1n) is 16.0. The van der Waals surface area contributed by atoms with Crippen molar-refractivity contribution in [3.8, 4) is 0 Å². The van der Waals surface area contributed by atoms with Gasteiger partial charge in [0.2, 0.25) is 11.8 Å². The molecule has 8 atom stereocenters. The molecule has 17 nitrogen and oxygen atoms in total. The molecule has 276 valence electrons. The molecule has 11 N–H and O–H groups in total. The summed E-state index contributed by atoms with van der Waals surface area (Å²) in [4.78, 5) is 79.2. The van der Waals surface area contributed by atoms with Gasteiger partial charge in [0.15, 0.2) is 11.6 Å². The third-order valence-corrected chi connectivity index (χ3v) is 8.43. The van der Waals surface area contributed by atoms with E-state index in [4.69, 9.17) is 10.8 Å². The number of amides is 2. The molecule has 0 spiro atoms. The van der Waals surface area contributed by atoms with Crippen LogP contribution in [0, 0.1) is 11.3 Å². The van der Waals surface area contributed by atoms with E-state index >= 15 is 0 Å². The average molecular weight is 691 g/mol. The number of hydrogen-bond donors (Lipinski definition) is 10. The summed E-state index contributed by atoms with van der Waals surface area (Å²) in [5, 5.41) is 71.9. The summed E-state index contributed by atoms with van der Waals surface area (Å²) < 4.78 is 0. The molecule has 2 unspecified atom stereocenters. The zero-order valence-electron chi connectivity index (χ0n) is 28.1. The quantitative estimate of drug-likeness (QED) is 0.0357. The number of carboxylic acid groups (broad SMARTS) is 2. The monoisotopic (exact) mass is 690 g/mol. The Labute approximate surface area is 280 Å². The van der Waals surface area contributed by atoms with Crippen LogP contribution in [0.3, 0.4) is 0 Å². The molecule has 0 aliphatic carbocycles. The minimum atomic E-state index is -1.92. The van der Waals surface area contributed by atoms with E-state index in [1.54, 1.807) is 13.8 Å². The number of carboxylic acids is 2. The molecular formula is C31H54N4O13. The summed E-state index contributed by atoms with van der Waals surface area (Å²) in [7, 11) is 0. The number of nitrogens with two attached hydrogens (primary N) is 1. The number of nitrogens with zero attached hydrogens (tertiary/aromatic N) is 1. The van der Waals surface area contributed by atoms with Crippen LogP contribution >= 0.6 is 0 Å². The standard InChI is InChI=1S/C31H54N4O13/c1-5-31(4,12-11-19(30(47)48)8-6-7-13-32)28(45)21(14-25(41)42)35-29(46)20(34-17(2)18(3)37)9-10-24(40)33-15-22(38)26(43)27(44)23(39)16-36/h19-23,26-27,36,38-39,43-44H,5-16,32H2,1-4H3,(H,33,40)(H,35,46)(H,41,42)(H,47,48)/b34-17+/t19-,20+,21?,22+,23-,26-,27-,31?/m1/s1. The van der Waals surface area contributed by atoms with Crippen LogP contribution < -0.4 is 16.4 Å². The summed E-state index contributed by atoms with van der Waals surface area (Å²) in [6.07, 6.45) is -6.81. The maximum Gasteiger partial charge on any atom is 0.306 e. The molecule has 0 aromatic heterocycles. The van der Waals surface area contributed by atoms with Gasteiger partial charge in [0.25, 0.3) is 0 Å². The second kappa shape index (κ2) is 22.3. The number of carbonyl (C=O) groups is 6. The number of aliphatic hydroxyl groups is 5. The highest BCUT2D eigenvalue weighted by atomic mass is 16.4. The SMILES string of the molecule is CCC(C)(CC[C@@H](CCCCN)C(=O)O)C(=O)C(CC(=O)O)NC(=O)[C@H](CCC(=O)NC[C@H](O)[C@@H](O)[C@H](O)[C@H](O)CO)/N=C(\C)C(C)=O. The summed E-state index contributed by atoms with van der Waals surface area (Å²) in [6, 6.07) is -2.96. The number of nitrogens with one attached hydrogen (secondary N) is 2. The number of aliphatic carboxylic acids is 2. The van der Waals surface area contributed by atoms with Crippen molar-refractivity contribution >= 4 is 41.0 Å². The normalized spacial score (nSPS) is 17.5. The Morgan fingerprint density at radius 1 is 0.896 bits per heavy atom. The van der Waals surface area contributed by atoms with Crippen LogP contribution in [0.4, 0.5) is 0 Å². The Kier molecular flexibility index (Phi) is 20.8. The minimum Gasteiger partial charge on any atom is -0.481 e. The van der Waals surface area contributed by atoms with E-state index in [1.807, 2.05) is 0 Å². The zero-order valence-corrected chi connectivity index (χ0v) is 28.1. The minimum absolute atomic E-state index is 0.0839. The molecular weight excluding hydrogens is 636 g/mol. The molecule has 0 saturated heterocycles. The van der Waals surface area contributed by atoms with Crippen molar-refractivity contribution in [2.75, 3.05) is 19.7 Å². The van der Waals surface area contributed by atoms with Gasteiger partial charge in [-0.05, 0) is 52.0 Å². The molecule has 0 heterocycles. The van der Waals surface area contributed by atoms with Crippen LogP contribution in [0.2, 0.25) is 0 Å². The molecule has 48 heavy (non-hydrogen) atoms. The van der Waals surface area contributed by atoms with E-state index in [0.717, 1.165) is 0 Å². The van der Waals surface area contributed by atoms with Crippen molar-refractivity contribution in [1.82, 2.24) is 10.6 Å². The van der Waals surface area contributed by atoms with Gasteiger partial charge in [-0.25, -0.2) is 0 Å². The Hall–Kier alpha value is -3.35. The molecule has 0 fully saturated rings. The van der Waals surface area contributed by atoms with E-state index in [-0.39, 0.29) is 31.4 Å². The zero-order chi connectivity index (χ0) is 37.2. The lowest BCUT2D eigenvalue weighted by atomic mass is 9.73. The Morgan fingerprint density at radius 2 is 1.50 bits per heavy atom. The Bertz CT molecular complexity index is 1120. The summed E-state index contributed by atoms with van der Waals surface area (Å²) in [6.45, 7) is 4.72. The van der Waals surface area contributed by atoms with Crippen LogP contribution in [0.15, 0.2) is 4.99 Å². The molecule has 0 bridgehead atoms. The van der Waals surface area contributed by atoms with Crippen LogP contribution in [-0.4, -0.2) is 133 Å². The Balaban J connectivity index is 5.87. The molecule has 0 aliphatic rings. The lowest BCUT2D eigenvalue weighted by Crippen LogP contribution is -2.51. The van der Waals surface area contributed by atoms with Crippen LogP contribution in [0.25, 0.3) is 0 Å². The van der Waals surface area contributed by atoms with Crippen molar-refractivity contribution in [2.24, 2.45) is 22.1 Å². The van der Waals surface area contributed by atoms with Gasteiger partial charge in [0.1, 0.15) is 24.4 Å². The third kappa shape index (κ3) is 15.7. The van der Waals surface area contributed by atoms with Crippen LogP contribution in [-0.2, 0) is 28.8 Å². The van der Waals surface area contributed by atoms with Gasteiger partial charge in [-0.3, -0.25) is 33.8 Å². The van der Waals surface area contributed by atoms with Gasteiger partial charge < -0.3 is 52.1 Å². The van der Waals surface area contributed by atoms with Crippen molar-refractivity contribution in [2.45, 2.75) is 122 Å². The topological polar surface area (TPSA) is 306 Å². The van der Waals surface area contributed by atoms with Gasteiger partial charge in [-0.1, -0.05) is 20.3 Å². The van der Waals surface area contributed by atoms with E-state index in [1.165, 1.54) is 13.8 Å². The van der Waals surface area contributed by atoms with Crippen LogP contribution in [0.1, 0.15) is 85.5 Å². The van der Waals surface area contributed by atoms with E-state index < -0.39 is 109 Å². The summed E-state index contributed by atoms with van der Waals surface area (Å²) >= 11 is 0. The lowest BCUT2D eigenvalue weighted by molar-refractivity contribution is -0.144. The first-order valence-corrected chi connectivity index (χ1v) is 16.0. The van der Waals surface area contributed by atoms with Gasteiger partial charge in [0, 0.05) is 25.3 Å². The predicted octanol–water partition coefficient (Wildman–Crippen LogP) is -1.71. The number of ketones is 2. The lowest BCUT2D eigenvalue weighted by Gasteiger charge is -2.32. The summed E-state index contributed by atoms with van der Waals surface area (Å²) in [5.74, 6) is -5.97. The van der Waals surface area contributed by atoms with E-state index in [2.05, 4.69) is 15.6 Å². The van der Waals surface area contributed by atoms with Crippen molar-refractivity contribution in [3.63, 3.8) is 0 Å². The molecule has 0 rings (SSSR count). The molecule has 0 aromatic rings. The number of rotatable bonds is 26. The average Bonchev–Trinajstić information content (AvgIpc) is 3.04. The second-order valence-corrected chi connectivity index (χ2v) is 12.2. The highest BCUT2D eigenvalue weighted by Gasteiger charge is 2.39. The molecule has 17 heteroatoms. The number of Topliss-reactive ketones (excluding diaryl/α,β-unsaturated/α-hetero) is 2. The summed E-state index contributed by atoms with van der Waals surface area (Å²) in [5.41, 5.74) is 4.22. The fraction of sp³-hybridized carbons (Fsp3) is 0.774. The van der Waals surface area contributed by atoms with Crippen molar-refractivity contribution < 1.29 is 64.5 Å². The fourth-order valence-electron chi connectivity index (χ4n) is 4.80. The van der Waals surface area contributed by atoms with Crippen LogP contribution in [0.5, 0.6) is 0 Å². The first kappa shape index (κ1) is 44.6. The maximum absolute atomic E-state index is 13.8. The van der Waals surface area contributed by atoms with Gasteiger partial charge >= 0.3 is 11.9 Å². The maximum atomic E-state index is 13.8. The van der Waals surface area contributed by atoms with Gasteiger partial charge in [-0.2, -0.15) is 0 Å². The number of aliphatic hydroxyl groups excluding tert-OH is 5. The van der Waals surface area contributed by atoms with Gasteiger partial charge in [0.05, 0.1) is 36.8 Å². The first-order chi connectivity index (χ1) is 22.3.